The van der Waals surface area contributed by atoms with Crippen molar-refractivity contribution in [2.75, 3.05) is 26.4 Å². The number of hydrogen-bond donors (Lipinski definition) is 0. The van der Waals surface area contributed by atoms with Gasteiger partial charge in [-0.15, -0.1) is 0 Å². The molecule has 122 valence electrons. The molecule has 5 aliphatic rings. The van der Waals surface area contributed by atoms with Crippen molar-refractivity contribution in [3.8, 4) is 0 Å². The van der Waals surface area contributed by atoms with E-state index in [4.69, 9.17) is 18.9 Å². The van der Waals surface area contributed by atoms with E-state index in [2.05, 4.69) is 12.2 Å². The Hall–Kier alpha value is -0.420. The Morgan fingerprint density at radius 1 is 0.500 bits per heavy atom. The SMILES string of the molecule is C1=C[C@]2(CCCO2)[C@@]2(CCCO2)[C@@]2(CCCO2)[C@@]12CCCO2. The second kappa shape index (κ2) is 4.56. The van der Waals surface area contributed by atoms with Gasteiger partial charge in [0.2, 0.25) is 0 Å². The molecule has 5 rings (SSSR count). The third-order valence-corrected chi connectivity index (χ3v) is 6.79. The molecule has 0 N–H and O–H groups in total. The maximum atomic E-state index is 6.56. The summed E-state index contributed by atoms with van der Waals surface area (Å²) in [5.41, 5.74) is -1.31. The number of fused-ring (bicyclic) bond motifs is 3. The fourth-order valence-corrected chi connectivity index (χ4v) is 6.03. The van der Waals surface area contributed by atoms with E-state index in [9.17, 15) is 0 Å². The second-order valence-corrected chi connectivity index (χ2v) is 7.57. The number of rotatable bonds is 0. The Bertz CT molecular complexity index is 429. The molecular formula is C18H26O4. The van der Waals surface area contributed by atoms with Crippen molar-refractivity contribution >= 4 is 0 Å². The molecule has 4 nitrogen and oxygen atoms in total. The molecule has 0 aromatic carbocycles. The summed E-state index contributed by atoms with van der Waals surface area (Å²) in [6.07, 6.45) is 13.2. The van der Waals surface area contributed by atoms with Crippen LogP contribution >= 0.6 is 0 Å². The van der Waals surface area contributed by atoms with Crippen LogP contribution in [0.1, 0.15) is 51.4 Å². The first-order valence-electron chi connectivity index (χ1n) is 9.05. The van der Waals surface area contributed by atoms with Crippen molar-refractivity contribution in [2.45, 2.75) is 73.8 Å². The van der Waals surface area contributed by atoms with Crippen LogP contribution in [0.15, 0.2) is 12.2 Å². The van der Waals surface area contributed by atoms with Gasteiger partial charge in [0.05, 0.1) is 0 Å². The van der Waals surface area contributed by atoms with Crippen LogP contribution in [0.4, 0.5) is 0 Å². The lowest BCUT2D eigenvalue weighted by atomic mass is 9.56. The molecule has 4 atom stereocenters. The van der Waals surface area contributed by atoms with Crippen LogP contribution in [0.5, 0.6) is 0 Å². The van der Waals surface area contributed by atoms with Crippen LogP contribution in [0.25, 0.3) is 0 Å². The lowest BCUT2D eigenvalue weighted by Crippen LogP contribution is -2.76. The Labute approximate surface area is 132 Å². The fourth-order valence-electron chi connectivity index (χ4n) is 6.03. The summed E-state index contributed by atoms with van der Waals surface area (Å²) in [6.45, 7) is 3.30. The lowest BCUT2D eigenvalue weighted by molar-refractivity contribution is -0.294. The first kappa shape index (κ1) is 14.0. The predicted octanol–water partition coefficient (Wildman–Crippen LogP) is 2.75. The van der Waals surface area contributed by atoms with Gasteiger partial charge in [-0.3, -0.25) is 0 Å². The monoisotopic (exact) mass is 306 g/mol. The lowest BCUT2D eigenvalue weighted by Gasteiger charge is -2.61. The van der Waals surface area contributed by atoms with Crippen LogP contribution in [0.3, 0.4) is 0 Å². The highest BCUT2D eigenvalue weighted by Crippen LogP contribution is 2.63. The van der Waals surface area contributed by atoms with Crippen LogP contribution < -0.4 is 0 Å². The summed E-state index contributed by atoms with van der Waals surface area (Å²) in [5.74, 6) is 0. The quantitative estimate of drug-likeness (QED) is 0.645. The van der Waals surface area contributed by atoms with Gasteiger partial charge < -0.3 is 18.9 Å². The molecule has 4 saturated heterocycles. The van der Waals surface area contributed by atoms with Crippen LogP contribution in [0, 0.1) is 0 Å². The third-order valence-electron chi connectivity index (χ3n) is 6.79. The zero-order valence-electron chi connectivity index (χ0n) is 13.3. The van der Waals surface area contributed by atoms with Crippen molar-refractivity contribution in [2.24, 2.45) is 0 Å². The van der Waals surface area contributed by atoms with E-state index in [1.807, 2.05) is 0 Å². The molecule has 0 aromatic rings. The molecule has 4 heterocycles. The smallest absolute Gasteiger partial charge is 0.133 e. The van der Waals surface area contributed by atoms with Gasteiger partial charge in [-0.1, -0.05) is 12.2 Å². The second-order valence-electron chi connectivity index (χ2n) is 7.57. The van der Waals surface area contributed by atoms with Crippen LogP contribution in [-0.2, 0) is 18.9 Å². The summed E-state index contributed by atoms with van der Waals surface area (Å²) in [5, 5.41) is 0. The van der Waals surface area contributed by atoms with Crippen molar-refractivity contribution < 1.29 is 18.9 Å². The summed E-state index contributed by atoms with van der Waals surface area (Å²) in [6, 6.07) is 0. The van der Waals surface area contributed by atoms with E-state index in [0.29, 0.717) is 0 Å². The van der Waals surface area contributed by atoms with Gasteiger partial charge in [0, 0.05) is 26.4 Å². The van der Waals surface area contributed by atoms with Gasteiger partial charge >= 0.3 is 0 Å². The van der Waals surface area contributed by atoms with Gasteiger partial charge in [0.1, 0.15) is 22.4 Å². The first-order chi connectivity index (χ1) is 10.8. The summed E-state index contributed by atoms with van der Waals surface area (Å²) in [7, 11) is 0. The summed E-state index contributed by atoms with van der Waals surface area (Å²) in [4.78, 5) is 0. The normalized spacial score (nSPS) is 53.8. The summed E-state index contributed by atoms with van der Waals surface area (Å²) >= 11 is 0. The van der Waals surface area contributed by atoms with Crippen molar-refractivity contribution in [3.05, 3.63) is 12.2 Å². The molecule has 0 saturated carbocycles. The average molecular weight is 306 g/mol. The number of hydrogen-bond acceptors (Lipinski definition) is 4. The Kier molecular flexibility index (Phi) is 2.90. The largest absolute Gasteiger partial charge is 0.368 e. The molecule has 4 heteroatoms. The molecular weight excluding hydrogens is 280 g/mol. The average Bonchev–Trinajstić information content (AvgIpc) is 3.31. The van der Waals surface area contributed by atoms with E-state index >= 15 is 0 Å². The first-order valence-corrected chi connectivity index (χ1v) is 9.05. The van der Waals surface area contributed by atoms with E-state index in [-0.39, 0.29) is 22.4 Å². The van der Waals surface area contributed by atoms with Gasteiger partial charge in [0.15, 0.2) is 0 Å². The van der Waals surface area contributed by atoms with E-state index < -0.39 is 0 Å². The third kappa shape index (κ3) is 1.40. The highest BCUT2D eigenvalue weighted by molar-refractivity contribution is 5.38. The minimum absolute atomic E-state index is 0.301. The molecule has 22 heavy (non-hydrogen) atoms. The molecule has 4 aliphatic heterocycles. The van der Waals surface area contributed by atoms with E-state index in [0.717, 1.165) is 77.8 Å². The minimum Gasteiger partial charge on any atom is -0.368 e. The topological polar surface area (TPSA) is 36.9 Å². The standard InChI is InChI=1S/C18H26O4/c1-5-15(19-11-1)9-10-16(6-2-12-20-16)18(8-4-14-22-18)17(15)7-3-13-21-17/h9-10H,1-8,11-14H2/t15-,16-,17-,18+/m1/s1. The molecule has 4 spiro atoms. The van der Waals surface area contributed by atoms with Gasteiger partial charge in [0.25, 0.3) is 0 Å². The van der Waals surface area contributed by atoms with Gasteiger partial charge in [-0.2, -0.15) is 0 Å². The molecule has 0 radical (unpaired) electrons. The Morgan fingerprint density at radius 2 is 0.909 bits per heavy atom. The Morgan fingerprint density at radius 3 is 1.23 bits per heavy atom. The van der Waals surface area contributed by atoms with Crippen molar-refractivity contribution in [1.29, 1.82) is 0 Å². The minimum atomic E-state index is -0.355. The molecule has 0 bridgehead atoms. The van der Waals surface area contributed by atoms with Crippen molar-refractivity contribution in [3.63, 3.8) is 0 Å². The molecule has 0 amide bonds. The maximum absolute atomic E-state index is 6.56. The van der Waals surface area contributed by atoms with E-state index in [1.165, 1.54) is 0 Å². The fraction of sp³-hybridized carbons (Fsp3) is 0.889. The zero-order valence-corrected chi connectivity index (χ0v) is 13.3. The maximum Gasteiger partial charge on any atom is 0.133 e. The molecule has 4 fully saturated rings. The summed E-state index contributed by atoms with van der Waals surface area (Å²) < 4.78 is 25.8. The molecule has 0 aromatic heterocycles. The highest BCUT2D eigenvalue weighted by Gasteiger charge is 2.76. The van der Waals surface area contributed by atoms with Crippen LogP contribution in [-0.4, -0.2) is 48.8 Å². The molecule has 1 aliphatic carbocycles. The van der Waals surface area contributed by atoms with Gasteiger partial charge in [-0.25, -0.2) is 0 Å². The Balaban J connectivity index is 1.73. The predicted molar refractivity (Wildman–Crippen MR) is 80.8 cm³/mol. The van der Waals surface area contributed by atoms with E-state index in [1.54, 1.807) is 0 Å². The molecule has 0 unspecified atom stereocenters. The van der Waals surface area contributed by atoms with Crippen LogP contribution in [0.2, 0.25) is 0 Å². The van der Waals surface area contributed by atoms with Gasteiger partial charge in [-0.05, 0) is 51.4 Å². The van der Waals surface area contributed by atoms with Crippen molar-refractivity contribution in [1.82, 2.24) is 0 Å². The zero-order chi connectivity index (χ0) is 14.7. The highest BCUT2D eigenvalue weighted by atomic mass is 16.6. The number of ether oxygens (including phenoxy) is 4.